The smallest absolute Gasteiger partial charge is 0.159 e. The van der Waals surface area contributed by atoms with Crippen molar-refractivity contribution in [1.82, 2.24) is 8.97 Å². The summed E-state index contributed by atoms with van der Waals surface area (Å²) in [5.41, 5.74) is 13.0. The second kappa shape index (κ2) is 9.39. The highest BCUT2D eigenvalue weighted by molar-refractivity contribution is 6.34. The number of furan rings is 2. The maximum Gasteiger partial charge on any atom is 0.159 e. The number of fused-ring (bicyclic) bond motifs is 16. The second-order valence-electron chi connectivity index (χ2n) is 14.0. The van der Waals surface area contributed by atoms with Gasteiger partial charge in [0.05, 0.1) is 33.3 Å². The molecule has 52 heavy (non-hydrogen) atoms. The summed E-state index contributed by atoms with van der Waals surface area (Å²) < 4.78 is 17.9. The Morgan fingerprint density at radius 2 is 0.923 bits per heavy atom. The normalized spacial score (nSPS) is 12.6. The summed E-state index contributed by atoms with van der Waals surface area (Å²) in [6.07, 6.45) is 0. The third-order valence-electron chi connectivity index (χ3n) is 11.5. The molecule has 4 nitrogen and oxygen atoms in total. The van der Waals surface area contributed by atoms with Crippen molar-refractivity contribution < 1.29 is 8.83 Å². The van der Waals surface area contributed by atoms with E-state index in [0.717, 1.165) is 60.6 Å². The van der Waals surface area contributed by atoms with Crippen LogP contribution in [-0.4, -0.2) is 8.97 Å². The van der Waals surface area contributed by atoms with Crippen molar-refractivity contribution in [1.29, 1.82) is 0 Å². The Morgan fingerprint density at radius 3 is 1.83 bits per heavy atom. The Balaban J connectivity index is 1.20. The largest absolute Gasteiger partial charge is 0.456 e. The number of rotatable bonds is 2. The van der Waals surface area contributed by atoms with E-state index in [1.165, 1.54) is 60.0 Å². The van der Waals surface area contributed by atoms with E-state index < -0.39 is 0 Å². The van der Waals surface area contributed by atoms with E-state index in [-0.39, 0.29) is 0 Å². The quantitative estimate of drug-likeness (QED) is 0.185. The SMILES string of the molecule is c1ccc2c(c1)oc1c(-n3c4ccccc4c4c5c6cccc7c8cccc(-c9cccc%10oc%11ccccc%11c9%10)c8n(c5ccc43)c76)cccc12. The number of nitrogens with zero attached hydrogens (tertiary/aromatic N) is 2. The third-order valence-corrected chi connectivity index (χ3v) is 11.5. The highest BCUT2D eigenvalue weighted by atomic mass is 16.3. The van der Waals surface area contributed by atoms with Gasteiger partial charge >= 0.3 is 0 Å². The Morgan fingerprint density at radius 1 is 0.327 bits per heavy atom. The van der Waals surface area contributed by atoms with Crippen molar-refractivity contribution in [2.24, 2.45) is 0 Å². The molecule has 0 aliphatic heterocycles. The van der Waals surface area contributed by atoms with Gasteiger partial charge in [-0.2, -0.15) is 0 Å². The van der Waals surface area contributed by atoms with Crippen LogP contribution in [0.4, 0.5) is 0 Å². The van der Waals surface area contributed by atoms with Gasteiger partial charge in [0.15, 0.2) is 5.58 Å². The molecule has 0 saturated heterocycles. The van der Waals surface area contributed by atoms with Crippen LogP contribution in [0.5, 0.6) is 0 Å². The molecule has 13 aromatic rings. The molecule has 0 unspecified atom stereocenters. The summed E-state index contributed by atoms with van der Waals surface area (Å²) in [5, 5.41) is 12.1. The molecule has 0 saturated carbocycles. The summed E-state index contributed by atoms with van der Waals surface area (Å²) >= 11 is 0. The molecule has 0 radical (unpaired) electrons. The molecule has 0 spiro atoms. The molecule has 13 rings (SSSR count). The standard InChI is InChI=1S/C48H26N2O2/c1-4-20-36-33(12-1)44-37(49(36)39-21-9-18-32-27-11-2-5-22-40(27)52-48(32)39)25-26-38-45(44)35-19-8-17-31-30-16-7-15-29(46(30)50(38)47(31)35)28-14-10-24-42-43(28)34-13-3-6-23-41(34)51-42/h1-26H. The predicted octanol–water partition coefficient (Wildman–Crippen LogP) is 13.4. The lowest BCUT2D eigenvalue weighted by Gasteiger charge is -2.09. The number of hydrogen-bond acceptors (Lipinski definition) is 2. The van der Waals surface area contributed by atoms with Crippen molar-refractivity contribution in [2.45, 2.75) is 0 Å². The van der Waals surface area contributed by atoms with Crippen molar-refractivity contribution in [3.63, 3.8) is 0 Å². The minimum absolute atomic E-state index is 0.900. The van der Waals surface area contributed by atoms with Gasteiger partial charge in [-0.1, -0.05) is 115 Å². The van der Waals surface area contributed by atoms with Gasteiger partial charge in [-0.25, -0.2) is 0 Å². The molecular formula is C48H26N2O2. The average Bonchev–Trinajstić information content (AvgIpc) is 4.00. The number of hydrogen-bond donors (Lipinski definition) is 0. The van der Waals surface area contributed by atoms with E-state index in [4.69, 9.17) is 8.83 Å². The fraction of sp³-hybridized carbons (Fsp3) is 0. The Labute approximate surface area is 295 Å². The van der Waals surface area contributed by atoms with Crippen LogP contribution in [0, 0.1) is 0 Å². The first kappa shape index (κ1) is 26.8. The minimum Gasteiger partial charge on any atom is -0.456 e. The number of para-hydroxylation sites is 6. The molecule has 0 aliphatic carbocycles. The van der Waals surface area contributed by atoms with Gasteiger partial charge in [-0.15, -0.1) is 0 Å². The first-order valence-electron chi connectivity index (χ1n) is 17.8. The molecular weight excluding hydrogens is 637 g/mol. The van der Waals surface area contributed by atoms with Gasteiger partial charge in [0, 0.05) is 59.4 Å². The third kappa shape index (κ3) is 3.15. The molecule has 4 heteroatoms. The zero-order chi connectivity index (χ0) is 33.7. The van der Waals surface area contributed by atoms with Gasteiger partial charge in [0.1, 0.15) is 16.7 Å². The topological polar surface area (TPSA) is 35.6 Å². The van der Waals surface area contributed by atoms with Crippen molar-refractivity contribution in [3.8, 4) is 16.8 Å². The van der Waals surface area contributed by atoms with Crippen molar-refractivity contribution >= 4 is 104 Å². The molecule has 0 atom stereocenters. The minimum atomic E-state index is 0.900. The lowest BCUT2D eigenvalue weighted by molar-refractivity contribution is 0.666. The maximum absolute atomic E-state index is 6.61. The molecule has 240 valence electrons. The van der Waals surface area contributed by atoms with E-state index in [2.05, 4.69) is 155 Å². The number of aromatic nitrogens is 2. The van der Waals surface area contributed by atoms with E-state index in [1.807, 2.05) is 12.1 Å². The van der Waals surface area contributed by atoms with Gasteiger partial charge in [-0.05, 0) is 48.0 Å². The van der Waals surface area contributed by atoms with Crippen LogP contribution in [0.3, 0.4) is 0 Å². The Bertz CT molecular complexity index is 3650. The fourth-order valence-corrected chi connectivity index (χ4v) is 9.45. The lowest BCUT2D eigenvalue weighted by Crippen LogP contribution is -1.94. The van der Waals surface area contributed by atoms with Crippen LogP contribution in [-0.2, 0) is 0 Å². The number of benzene rings is 8. The average molecular weight is 663 g/mol. The van der Waals surface area contributed by atoms with E-state index in [9.17, 15) is 0 Å². The first-order chi connectivity index (χ1) is 25.8. The molecule has 8 aromatic carbocycles. The summed E-state index contributed by atoms with van der Waals surface area (Å²) in [4.78, 5) is 0. The van der Waals surface area contributed by atoms with Gasteiger partial charge in [-0.3, -0.25) is 0 Å². The summed E-state index contributed by atoms with van der Waals surface area (Å²) in [6.45, 7) is 0. The molecule has 5 heterocycles. The maximum atomic E-state index is 6.61. The van der Waals surface area contributed by atoms with Crippen LogP contribution < -0.4 is 0 Å². The molecule has 0 bridgehead atoms. The summed E-state index contributed by atoms with van der Waals surface area (Å²) in [5.74, 6) is 0. The van der Waals surface area contributed by atoms with Gasteiger partial charge in [0.25, 0.3) is 0 Å². The molecule has 0 N–H and O–H groups in total. The van der Waals surface area contributed by atoms with Crippen LogP contribution in [0.15, 0.2) is 167 Å². The predicted molar refractivity (Wildman–Crippen MR) is 215 cm³/mol. The van der Waals surface area contributed by atoms with Gasteiger partial charge in [0.2, 0.25) is 0 Å². The Kier molecular flexibility index (Phi) is 4.83. The molecule has 0 fully saturated rings. The van der Waals surface area contributed by atoms with Crippen LogP contribution >= 0.6 is 0 Å². The lowest BCUT2D eigenvalue weighted by atomic mass is 9.96. The van der Waals surface area contributed by atoms with E-state index >= 15 is 0 Å². The van der Waals surface area contributed by atoms with Crippen molar-refractivity contribution in [3.05, 3.63) is 158 Å². The zero-order valence-corrected chi connectivity index (χ0v) is 27.7. The van der Waals surface area contributed by atoms with E-state index in [1.54, 1.807) is 0 Å². The van der Waals surface area contributed by atoms with E-state index in [0.29, 0.717) is 0 Å². The summed E-state index contributed by atoms with van der Waals surface area (Å²) in [6, 6.07) is 56.7. The molecule has 0 aliphatic rings. The monoisotopic (exact) mass is 662 g/mol. The van der Waals surface area contributed by atoms with Crippen LogP contribution in [0.2, 0.25) is 0 Å². The van der Waals surface area contributed by atoms with Crippen LogP contribution in [0.25, 0.3) is 121 Å². The van der Waals surface area contributed by atoms with Gasteiger partial charge < -0.3 is 17.8 Å². The molecule has 5 aromatic heterocycles. The second-order valence-corrected chi connectivity index (χ2v) is 14.0. The fourth-order valence-electron chi connectivity index (χ4n) is 9.45. The summed E-state index contributed by atoms with van der Waals surface area (Å²) in [7, 11) is 0. The van der Waals surface area contributed by atoms with Crippen LogP contribution in [0.1, 0.15) is 0 Å². The Hall–Kier alpha value is -7.04. The highest BCUT2D eigenvalue weighted by Gasteiger charge is 2.25. The first-order valence-corrected chi connectivity index (χ1v) is 17.8. The van der Waals surface area contributed by atoms with Crippen molar-refractivity contribution in [2.75, 3.05) is 0 Å². The molecule has 0 amide bonds. The highest BCUT2D eigenvalue weighted by Crippen LogP contribution is 2.48. The zero-order valence-electron chi connectivity index (χ0n) is 27.7.